The summed E-state index contributed by atoms with van der Waals surface area (Å²) in [5.74, 6) is -0.160. The molecule has 3 heterocycles. The zero-order valence-electron chi connectivity index (χ0n) is 15.7. The number of oxazole rings is 1. The minimum atomic E-state index is -3.93. The van der Waals surface area contributed by atoms with Crippen molar-refractivity contribution in [3.05, 3.63) is 64.1 Å². The Morgan fingerprint density at radius 1 is 1.13 bits per heavy atom. The SMILES string of the molecule is N#Cc1nc(C=Cc2cccs2)oc1N1CCN(S(=O)(=O)c2ccccc2F)CC1. The van der Waals surface area contributed by atoms with Crippen molar-refractivity contribution in [2.75, 3.05) is 31.1 Å². The number of sulfonamides is 1. The van der Waals surface area contributed by atoms with Crippen LogP contribution in [0.25, 0.3) is 12.2 Å². The number of nitriles is 1. The van der Waals surface area contributed by atoms with Crippen molar-refractivity contribution in [3.63, 3.8) is 0 Å². The molecular weight excluding hydrogens is 427 g/mol. The Balaban J connectivity index is 1.49. The van der Waals surface area contributed by atoms with Crippen LogP contribution in [0.3, 0.4) is 0 Å². The van der Waals surface area contributed by atoms with Gasteiger partial charge in [0.1, 0.15) is 16.8 Å². The molecule has 0 saturated carbocycles. The van der Waals surface area contributed by atoms with Crippen molar-refractivity contribution in [1.82, 2.24) is 9.29 Å². The molecule has 10 heteroatoms. The molecule has 0 atom stereocenters. The number of nitrogens with zero attached hydrogens (tertiary/aromatic N) is 4. The van der Waals surface area contributed by atoms with Crippen LogP contribution in [0.4, 0.5) is 10.3 Å². The van der Waals surface area contributed by atoms with Crippen LogP contribution in [0.15, 0.2) is 51.1 Å². The molecule has 7 nitrogen and oxygen atoms in total. The van der Waals surface area contributed by atoms with Crippen LogP contribution in [-0.2, 0) is 10.0 Å². The van der Waals surface area contributed by atoms with Gasteiger partial charge in [0.2, 0.25) is 27.5 Å². The van der Waals surface area contributed by atoms with E-state index in [2.05, 4.69) is 4.98 Å². The van der Waals surface area contributed by atoms with Crippen LogP contribution in [-0.4, -0.2) is 43.9 Å². The summed E-state index contributed by atoms with van der Waals surface area (Å²) in [6.07, 6.45) is 3.54. The lowest BCUT2D eigenvalue weighted by Crippen LogP contribution is -2.48. The summed E-state index contributed by atoms with van der Waals surface area (Å²) >= 11 is 1.57. The highest BCUT2D eigenvalue weighted by Crippen LogP contribution is 2.26. The van der Waals surface area contributed by atoms with Gasteiger partial charge in [-0.05, 0) is 29.7 Å². The van der Waals surface area contributed by atoms with Crippen LogP contribution >= 0.6 is 11.3 Å². The molecule has 1 aliphatic heterocycles. The largest absolute Gasteiger partial charge is 0.420 e. The topological polar surface area (TPSA) is 90.4 Å². The van der Waals surface area contributed by atoms with Crippen molar-refractivity contribution in [3.8, 4) is 6.07 Å². The number of benzene rings is 1. The summed E-state index contributed by atoms with van der Waals surface area (Å²) in [6.45, 7) is 0.877. The molecular formula is C20H17FN4O3S2. The van der Waals surface area contributed by atoms with Crippen LogP contribution in [0.5, 0.6) is 0 Å². The monoisotopic (exact) mass is 444 g/mol. The van der Waals surface area contributed by atoms with E-state index < -0.39 is 15.8 Å². The van der Waals surface area contributed by atoms with Gasteiger partial charge in [0.05, 0.1) is 0 Å². The molecule has 154 valence electrons. The highest BCUT2D eigenvalue weighted by molar-refractivity contribution is 7.89. The number of hydrogen-bond acceptors (Lipinski definition) is 7. The Bertz CT molecular complexity index is 1210. The van der Waals surface area contributed by atoms with E-state index in [1.54, 1.807) is 22.3 Å². The lowest BCUT2D eigenvalue weighted by molar-refractivity contribution is 0.371. The Hall–Kier alpha value is -3.00. The van der Waals surface area contributed by atoms with Crippen LogP contribution in [0.1, 0.15) is 16.5 Å². The molecule has 0 radical (unpaired) electrons. The van der Waals surface area contributed by atoms with E-state index >= 15 is 0 Å². The maximum atomic E-state index is 14.0. The molecule has 1 aromatic carbocycles. The number of thiophene rings is 1. The standard InChI is InChI=1S/C20H17FN4O3S2/c21-16-5-1-2-6-18(16)30(26,27)25-11-9-24(10-12-25)20-17(14-22)23-19(28-20)8-7-15-4-3-13-29-15/h1-8,13H,9-12H2. The second-order valence-electron chi connectivity index (χ2n) is 6.49. The number of halogens is 1. The van der Waals surface area contributed by atoms with Gasteiger partial charge in [-0.3, -0.25) is 0 Å². The second-order valence-corrected chi connectivity index (χ2v) is 9.37. The lowest BCUT2D eigenvalue weighted by atomic mass is 10.3. The molecule has 1 saturated heterocycles. The van der Waals surface area contributed by atoms with E-state index in [1.165, 1.54) is 22.5 Å². The summed E-state index contributed by atoms with van der Waals surface area (Å²) in [4.78, 5) is 6.67. The molecule has 0 spiro atoms. The minimum absolute atomic E-state index is 0.141. The zero-order valence-corrected chi connectivity index (χ0v) is 17.4. The summed E-state index contributed by atoms with van der Waals surface area (Å²) in [6, 6.07) is 11.2. The van der Waals surface area contributed by atoms with Crippen LogP contribution in [0.2, 0.25) is 0 Å². The molecule has 2 aromatic heterocycles. The highest BCUT2D eigenvalue weighted by Gasteiger charge is 2.32. The minimum Gasteiger partial charge on any atom is -0.420 e. The van der Waals surface area contributed by atoms with Gasteiger partial charge in [-0.1, -0.05) is 18.2 Å². The van der Waals surface area contributed by atoms with Crippen LogP contribution in [0, 0.1) is 17.1 Å². The first-order valence-electron chi connectivity index (χ1n) is 9.11. The average Bonchev–Trinajstić information content (AvgIpc) is 3.42. The fourth-order valence-electron chi connectivity index (χ4n) is 3.15. The van der Waals surface area contributed by atoms with Gasteiger partial charge in [0.15, 0.2) is 0 Å². The maximum absolute atomic E-state index is 14.0. The van der Waals surface area contributed by atoms with Gasteiger partial charge in [0.25, 0.3) is 0 Å². The number of hydrogen-bond donors (Lipinski definition) is 0. The molecule has 0 N–H and O–H groups in total. The van der Waals surface area contributed by atoms with Gasteiger partial charge in [-0.25, -0.2) is 12.8 Å². The van der Waals surface area contributed by atoms with E-state index in [9.17, 15) is 18.1 Å². The Labute approximate surface area is 177 Å². The van der Waals surface area contributed by atoms with Crippen molar-refractivity contribution in [2.45, 2.75) is 4.90 Å². The van der Waals surface area contributed by atoms with E-state index in [1.807, 2.05) is 29.7 Å². The van der Waals surface area contributed by atoms with Crippen LogP contribution < -0.4 is 4.90 Å². The quantitative estimate of drug-likeness (QED) is 0.599. The van der Waals surface area contributed by atoms with Gasteiger partial charge < -0.3 is 9.32 Å². The van der Waals surface area contributed by atoms with E-state index in [0.29, 0.717) is 24.9 Å². The normalized spacial score (nSPS) is 15.5. The summed E-state index contributed by atoms with van der Waals surface area (Å²) < 4.78 is 46.5. The summed E-state index contributed by atoms with van der Waals surface area (Å²) in [5.41, 5.74) is 0.145. The lowest BCUT2D eigenvalue weighted by Gasteiger charge is -2.33. The van der Waals surface area contributed by atoms with Gasteiger partial charge in [0, 0.05) is 37.1 Å². The molecule has 0 aliphatic carbocycles. The highest BCUT2D eigenvalue weighted by atomic mass is 32.2. The Kier molecular flexibility index (Phi) is 5.67. The average molecular weight is 445 g/mol. The van der Waals surface area contributed by atoms with Gasteiger partial charge >= 0.3 is 0 Å². The van der Waals surface area contributed by atoms with Crippen molar-refractivity contribution in [1.29, 1.82) is 5.26 Å². The zero-order chi connectivity index (χ0) is 21.1. The Morgan fingerprint density at radius 2 is 1.90 bits per heavy atom. The smallest absolute Gasteiger partial charge is 0.246 e. The third-order valence-electron chi connectivity index (χ3n) is 4.65. The molecule has 1 fully saturated rings. The van der Waals surface area contributed by atoms with Crippen molar-refractivity contribution >= 4 is 39.4 Å². The fourth-order valence-corrected chi connectivity index (χ4v) is 5.26. The van der Waals surface area contributed by atoms with Crippen molar-refractivity contribution in [2.24, 2.45) is 0 Å². The number of aromatic nitrogens is 1. The Morgan fingerprint density at radius 3 is 2.57 bits per heavy atom. The number of anilines is 1. The van der Waals surface area contributed by atoms with E-state index in [-0.39, 0.29) is 23.7 Å². The molecule has 3 aromatic rings. The predicted molar refractivity (Wildman–Crippen MR) is 112 cm³/mol. The third-order valence-corrected chi connectivity index (χ3v) is 7.41. The van der Waals surface area contributed by atoms with Gasteiger partial charge in [-0.15, -0.1) is 11.3 Å². The first-order valence-corrected chi connectivity index (χ1v) is 11.4. The third kappa shape index (κ3) is 4.00. The fraction of sp³-hybridized carbons (Fsp3) is 0.200. The summed E-state index contributed by atoms with van der Waals surface area (Å²) in [7, 11) is -3.93. The molecule has 30 heavy (non-hydrogen) atoms. The maximum Gasteiger partial charge on any atom is 0.246 e. The van der Waals surface area contributed by atoms with Crippen molar-refractivity contribution < 1.29 is 17.2 Å². The molecule has 0 bridgehead atoms. The molecule has 0 unspecified atom stereocenters. The predicted octanol–water partition coefficient (Wildman–Crippen LogP) is 3.43. The van der Waals surface area contributed by atoms with E-state index in [4.69, 9.17) is 4.42 Å². The summed E-state index contributed by atoms with van der Waals surface area (Å²) in [5, 5.41) is 11.4. The first kappa shape index (κ1) is 20.3. The molecule has 0 amide bonds. The van der Waals surface area contributed by atoms with Gasteiger partial charge in [-0.2, -0.15) is 14.6 Å². The van der Waals surface area contributed by atoms with E-state index in [0.717, 1.165) is 10.9 Å². The number of rotatable bonds is 5. The molecule has 1 aliphatic rings. The first-order chi connectivity index (χ1) is 14.5. The molecule has 4 rings (SSSR count). The number of piperazine rings is 1. The second kappa shape index (κ2) is 8.39.